The second kappa shape index (κ2) is 18.3. The van der Waals surface area contributed by atoms with Crippen molar-refractivity contribution in [2.75, 3.05) is 105 Å². The molecule has 0 unspecified atom stereocenters. The second-order valence-corrected chi connectivity index (χ2v) is 16.4. The average Bonchev–Trinajstić information content (AvgIpc) is 3.91. The van der Waals surface area contributed by atoms with Crippen LogP contribution in [-0.2, 0) is 18.9 Å². The fourth-order valence-electron chi connectivity index (χ4n) is 8.17. The van der Waals surface area contributed by atoms with Crippen molar-refractivity contribution < 1.29 is 36.5 Å². The first-order valence-corrected chi connectivity index (χ1v) is 21.4. The van der Waals surface area contributed by atoms with Crippen LogP contribution in [0.25, 0.3) is 34.0 Å². The molecule has 340 valence electrons. The number of aromatic nitrogens is 10. The van der Waals surface area contributed by atoms with E-state index in [2.05, 4.69) is 29.9 Å². The molecule has 22 heteroatoms. The maximum Gasteiger partial charge on any atom is 0.296 e. The minimum Gasteiger partial charge on any atom is -0.378 e. The molecular weight excluding hydrogens is 841 g/mol. The third-order valence-electron chi connectivity index (χ3n) is 11.6. The molecule has 10 rings (SSSR count). The number of ether oxygens (including phenoxy) is 4. The van der Waals surface area contributed by atoms with Gasteiger partial charge < -0.3 is 38.5 Å². The van der Waals surface area contributed by atoms with E-state index >= 15 is 0 Å². The van der Waals surface area contributed by atoms with Crippen LogP contribution in [0.2, 0.25) is 0 Å². The molecule has 0 N–H and O–H groups in total. The second-order valence-electron chi connectivity index (χ2n) is 16.4. The molecule has 0 saturated carbocycles. The number of hydrogen-bond donors (Lipinski definition) is 0. The number of anilines is 4. The SMILES string of the molecule is CC1(C)CN(c2nc(N3CCOCC3)nc(-n3c(C(F)F)nc4ccccc43)n2)CCO1.C[C@@H]1OCCN(c2nc(N3CCOCC3)nc(-n3c(C(F)F)nc4ccccc43)n2)[C@H]1C. The molecule has 0 aliphatic carbocycles. The van der Waals surface area contributed by atoms with E-state index in [4.69, 9.17) is 28.9 Å². The summed E-state index contributed by atoms with van der Waals surface area (Å²) in [5.41, 5.74) is 1.60. The average molecular weight is 891 g/mol. The Morgan fingerprint density at radius 3 is 1.47 bits per heavy atom. The zero-order valence-electron chi connectivity index (χ0n) is 36.0. The maximum atomic E-state index is 14.0. The lowest BCUT2D eigenvalue weighted by molar-refractivity contribution is -0.0281. The van der Waals surface area contributed by atoms with Crippen LogP contribution in [0, 0.1) is 0 Å². The molecule has 4 aromatic heterocycles. The normalized spacial score (nSPS) is 20.7. The zero-order valence-corrected chi connectivity index (χ0v) is 36.0. The van der Waals surface area contributed by atoms with Crippen molar-refractivity contribution in [1.82, 2.24) is 49.0 Å². The van der Waals surface area contributed by atoms with Crippen molar-refractivity contribution in [3.63, 3.8) is 0 Å². The maximum absolute atomic E-state index is 14.0. The number of hydrogen-bond acceptors (Lipinski definition) is 16. The predicted octanol–water partition coefficient (Wildman–Crippen LogP) is 5.20. The Labute approximate surface area is 366 Å². The molecule has 0 bridgehead atoms. The smallest absolute Gasteiger partial charge is 0.296 e. The van der Waals surface area contributed by atoms with Gasteiger partial charge in [0.05, 0.1) is 79.5 Å². The van der Waals surface area contributed by atoms with Crippen molar-refractivity contribution in [1.29, 1.82) is 0 Å². The fraction of sp³-hybridized carbons (Fsp3) is 0.524. The van der Waals surface area contributed by atoms with E-state index in [1.54, 1.807) is 48.5 Å². The number of imidazole rings is 2. The summed E-state index contributed by atoms with van der Waals surface area (Å²) >= 11 is 0. The van der Waals surface area contributed by atoms with Gasteiger partial charge in [0.1, 0.15) is 0 Å². The third kappa shape index (κ3) is 8.95. The van der Waals surface area contributed by atoms with Gasteiger partial charge in [0.15, 0.2) is 11.6 Å². The van der Waals surface area contributed by atoms with Gasteiger partial charge in [-0.1, -0.05) is 24.3 Å². The molecule has 64 heavy (non-hydrogen) atoms. The van der Waals surface area contributed by atoms with Gasteiger partial charge in [0.25, 0.3) is 12.9 Å². The van der Waals surface area contributed by atoms with Gasteiger partial charge in [-0.25, -0.2) is 27.5 Å². The van der Waals surface area contributed by atoms with Gasteiger partial charge >= 0.3 is 0 Å². The first-order chi connectivity index (χ1) is 30.9. The Bertz CT molecular complexity index is 2570. The minimum absolute atomic E-state index is 0.0125. The lowest BCUT2D eigenvalue weighted by atomic mass is 10.1. The number of nitrogens with zero attached hydrogens (tertiary/aromatic N) is 14. The molecule has 18 nitrogen and oxygen atoms in total. The Morgan fingerprint density at radius 2 is 0.969 bits per heavy atom. The Kier molecular flexibility index (Phi) is 12.4. The number of halogens is 4. The van der Waals surface area contributed by atoms with E-state index in [0.29, 0.717) is 131 Å². The van der Waals surface area contributed by atoms with Crippen LogP contribution in [0.5, 0.6) is 0 Å². The molecule has 0 radical (unpaired) electrons. The molecule has 2 aromatic carbocycles. The largest absolute Gasteiger partial charge is 0.378 e. The van der Waals surface area contributed by atoms with Gasteiger partial charge in [-0.15, -0.1) is 0 Å². The number of rotatable bonds is 8. The van der Waals surface area contributed by atoms with E-state index in [1.165, 1.54) is 9.13 Å². The first kappa shape index (κ1) is 43.4. The number of benzene rings is 2. The molecule has 0 spiro atoms. The molecule has 4 aliphatic rings. The minimum atomic E-state index is -2.78. The zero-order chi connectivity index (χ0) is 44.5. The lowest BCUT2D eigenvalue weighted by Gasteiger charge is -2.38. The third-order valence-corrected chi connectivity index (χ3v) is 11.6. The molecular formula is C42H50F4N14O4. The van der Waals surface area contributed by atoms with E-state index in [0.717, 1.165) is 0 Å². The van der Waals surface area contributed by atoms with Crippen LogP contribution in [0.3, 0.4) is 0 Å². The molecule has 4 fully saturated rings. The van der Waals surface area contributed by atoms with E-state index in [1.807, 2.05) is 47.3 Å². The van der Waals surface area contributed by atoms with Crippen molar-refractivity contribution >= 4 is 45.9 Å². The Balaban J connectivity index is 0.000000162. The highest BCUT2D eigenvalue weighted by atomic mass is 19.3. The lowest BCUT2D eigenvalue weighted by Crippen LogP contribution is -2.49. The first-order valence-electron chi connectivity index (χ1n) is 21.4. The summed E-state index contributed by atoms with van der Waals surface area (Å²) in [6.07, 6.45) is -5.57. The Morgan fingerprint density at radius 1 is 0.531 bits per heavy atom. The summed E-state index contributed by atoms with van der Waals surface area (Å²) in [6, 6.07) is 14.0. The van der Waals surface area contributed by atoms with Crippen LogP contribution in [0.15, 0.2) is 48.5 Å². The summed E-state index contributed by atoms with van der Waals surface area (Å²) in [5, 5.41) is 0. The monoisotopic (exact) mass is 890 g/mol. The van der Waals surface area contributed by atoms with Gasteiger partial charge in [0, 0.05) is 45.8 Å². The molecule has 2 atom stereocenters. The summed E-state index contributed by atoms with van der Waals surface area (Å²) in [5.74, 6) is 1.24. The molecule has 0 amide bonds. The van der Waals surface area contributed by atoms with E-state index in [9.17, 15) is 17.6 Å². The van der Waals surface area contributed by atoms with Gasteiger partial charge in [-0.2, -0.15) is 29.9 Å². The molecule has 4 saturated heterocycles. The van der Waals surface area contributed by atoms with Gasteiger partial charge in [-0.05, 0) is 52.0 Å². The number of fused-ring (bicyclic) bond motifs is 2. The van der Waals surface area contributed by atoms with Crippen molar-refractivity contribution in [3.05, 3.63) is 60.2 Å². The molecule has 8 heterocycles. The van der Waals surface area contributed by atoms with Crippen LogP contribution >= 0.6 is 0 Å². The van der Waals surface area contributed by atoms with Crippen LogP contribution in [0.1, 0.15) is 52.2 Å². The standard InChI is InChI=1S/2C21H25F2N7O2/c1-21(2)13-29(9-12-32-21)19-25-18(28-7-10-31-11-8-28)26-20(27-19)30-15-6-4-3-5-14(15)24-17(30)16(22)23;1-13-14(2)32-12-9-29(13)20-25-19(28-7-10-31-11-8-28)26-21(27-20)30-16-6-4-3-5-15(16)24-18(30)17(22)23/h3-6,16H,7-13H2,1-2H3;3-6,13-14,17H,7-12H2,1-2H3/t;13-,14-/m.0/s1. The topological polar surface area (TPSA) is 163 Å². The van der Waals surface area contributed by atoms with Crippen LogP contribution in [-0.4, -0.2) is 152 Å². The highest BCUT2D eigenvalue weighted by molar-refractivity contribution is 5.78. The predicted molar refractivity (Wildman–Crippen MR) is 229 cm³/mol. The van der Waals surface area contributed by atoms with Crippen molar-refractivity contribution in [2.24, 2.45) is 0 Å². The van der Waals surface area contributed by atoms with Gasteiger partial charge in [0.2, 0.25) is 35.7 Å². The molecule has 6 aromatic rings. The number of alkyl halides is 4. The van der Waals surface area contributed by atoms with Crippen molar-refractivity contribution in [2.45, 2.75) is 58.3 Å². The van der Waals surface area contributed by atoms with E-state index in [-0.39, 0.29) is 35.5 Å². The van der Waals surface area contributed by atoms with E-state index < -0.39 is 18.7 Å². The van der Waals surface area contributed by atoms with Gasteiger partial charge in [-0.3, -0.25) is 9.13 Å². The highest BCUT2D eigenvalue weighted by Crippen LogP contribution is 2.31. The Hall–Kier alpha value is -5.84. The summed E-state index contributed by atoms with van der Waals surface area (Å²) in [4.78, 5) is 44.3. The van der Waals surface area contributed by atoms with Crippen LogP contribution in [0.4, 0.5) is 41.4 Å². The number of para-hydroxylation sites is 4. The quantitative estimate of drug-likeness (QED) is 0.183. The fourth-order valence-corrected chi connectivity index (χ4v) is 8.17. The summed E-state index contributed by atoms with van der Waals surface area (Å²) in [6.45, 7) is 15.6. The highest BCUT2D eigenvalue weighted by Gasteiger charge is 2.33. The molecule has 4 aliphatic heterocycles. The number of morpholine rings is 4. The summed E-state index contributed by atoms with van der Waals surface area (Å²) in [7, 11) is 0. The van der Waals surface area contributed by atoms with Crippen LogP contribution < -0.4 is 19.6 Å². The summed E-state index contributed by atoms with van der Waals surface area (Å²) < 4.78 is 81.0. The van der Waals surface area contributed by atoms with Crippen molar-refractivity contribution in [3.8, 4) is 11.9 Å².